The average Bonchev–Trinajstić information content (AvgIpc) is 2.85. The normalized spacial score (nSPS) is 10.7. The molecule has 0 saturated heterocycles. The zero-order valence-corrected chi connectivity index (χ0v) is 12.4. The molecular weight excluding hydrogens is 318 g/mol. The molecule has 2 aromatic carbocycles. The molecule has 0 saturated carbocycles. The van der Waals surface area contributed by atoms with Crippen LogP contribution in [0.3, 0.4) is 0 Å². The Labute approximate surface area is 124 Å². The first kappa shape index (κ1) is 12.9. The van der Waals surface area contributed by atoms with Crippen LogP contribution in [0.4, 0.5) is 5.82 Å². The Morgan fingerprint density at radius 1 is 1.25 bits per heavy atom. The van der Waals surface area contributed by atoms with E-state index >= 15 is 0 Å². The molecule has 3 rings (SSSR count). The highest BCUT2D eigenvalue weighted by Gasteiger charge is 2.11. The number of anilines is 1. The van der Waals surface area contributed by atoms with Crippen molar-refractivity contribution in [3.05, 3.63) is 58.1 Å². The second-order valence-corrected chi connectivity index (χ2v) is 5.39. The summed E-state index contributed by atoms with van der Waals surface area (Å²) < 4.78 is 0.985. The van der Waals surface area contributed by atoms with E-state index in [1.165, 1.54) is 0 Å². The van der Waals surface area contributed by atoms with Crippen molar-refractivity contribution < 1.29 is 4.79 Å². The van der Waals surface area contributed by atoms with E-state index in [1.807, 2.05) is 43.3 Å². The number of para-hydroxylation sites is 1. The highest BCUT2D eigenvalue weighted by Crippen LogP contribution is 2.21. The molecule has 0 aliphatic rings. The summed E-state index contributed by atoms with van der Waals surface area (Å²) in [6.45, 7) is 1.95. The lowest BCUT2D eigenvalue weighted by molar-refractivity contribution is 0.102. The molecule has 0 bridgehead atoms. The van der Waals surface area contributed by atoms with Gasteiger partial charge in [0.25, 0.3) is 5.91 Å². The maximum atomic E-state index is 12.2. The van der Waals surface area contributed by atoms with Crippen LogP contribution >= 0.6 is 15.9 Å². The van der Waals surface area contributed by atoms with Crippen LogP contribution in [0.1, 0.15) is 15.9 Å². The van der Waals surface area contributed by atoms with Crippen molar-refractivity contribution >= 4 is 38.6 Å². The third-order valence-electron chi connectivity index (χ3n) is 3.12. The molecule has 0 fully saturated rings. The lowest BCUT2D eigenvalue weighted by Gasteiger charge is -2.05. The first-order valence-electron chi connectivity index (χ1n) is 6.16. The summed E-state index contributed by atoms with van der Waals surface area (Å²) in [5.41, 5.74) is 2.53. The molecular formula is C15H12BrN3O. The van der Waals surface area contributed by atoms with Gasteiger partial charge in [0.1, 0.15) is 0 Å². The van der Waals surface area contributed by atoms with E-state index in [0.29, 0.717) is 11.4 Å². The van der Waals surface area contributed by atoms with Gasteiger partial charge in [-0.2, -0.15) is 5.10 Å². The topological polar surface area (TPSA) is 57.8 Å². The van der Waals surface area contributed by atoms with Crippen molar-refractivity contribution in [2.24, 2.45) is 0 Å². The van der Waals surface area contributed by atoms with Gasteiger partial charge < -0.3 is 5.32 Å². The number of hydrogen-bond acceptors (Lipinski definition) is 2. The summed E-state index contributed by atoms with van der Waals surface area (Å²) in [6.07, 6.45) is 0. The molecule has 0 aliphatic heterocycles. The summed E-state index contributed by atoms with van der Waals surface area (Å²) in [7, 11) is 0. The van der Waals surface area contributed by atoms with Crippen LogP contribution in [0.25, 0.3) is 10.9 Å². The van der Waals surface area contributed by atoms with E-state index in [9.17, 15) is 4.79 Å². The molecule has 0 aliphatic carbocycles. The summed E-state index contributed by atoms with van der Waals surface area (Å²) in [5, 5.41) is 10.8. The SMILES string of the molecule is Cc1cc(C(=O)Nc2n[nH]c3ccccc23)ccc1Br. The number of aromatic amines is 1. The number of nitrogens with one attached hydrogen (secondary N) is 2. The summed E-state index contributed by atoms with van der Waals surface area (Å²) in [6, 6.07) is 13.2. The van der Waals surface area contributed by atoms with Crippen molar-refractivity contribution in [2.75, 3.05) is 5.32 Å². The number of fused-ring (bicyclic) bond motifs is 1. The molecule has 1 amide bonds. The number of amides is 1. The number of aryl methyl sites for hydroxylation is 1. The van der Waals surface area contributed by atoms with Crippen LogP contribution in [0.15, 0.2) is 46.9 Å². The third-order valence-corrected chi connectivity index (χ3v) is 4.01. The van der Waals surface area contributed by atoms with E-state index < -0.39 is 0 Å². The summed E-state index contributed by atoms with van der Waals surface area (Å²) in [5.74, 6) is 0.379. The van der Waals surface area contributed by atoms with Gasteiger partial charge >= 0.3 is 0 Å². The smallest absolute Gasteiger partial charge is 0.256 e. The van der Waals surface area contributed by atoms with Gasteiger partial charge in [0.05, 0.1) is 5.52 Å². The Bertz CT molecular complexity index is 795. The van der Waals surface area contributed by atoms with Crippen LogP contribution < -0.4 is 5.32 Å². The molecule has 1 aromatic heterocycles. The minimum absolute atomic E-state index is 0.169. The van der Waals surface area contributed by atoms with Crippen molar-refractivity contribution in [1.82, 2.24) is 10.2 Å². The Morgan fingerprint density at radius 3 is 2.85 bits per heavy atom. The van der Waals surface area contributed by atoms with Crippen molar-refractivity contribution in [3.8, 4) is 0 Å². The molecule has 0 radical (unpaired) electrons. The minimum Gasteiger partial charge on any atom is -0.305 e. The first-order chi connectivity index (χ1) is 9.65. The van der Waals surface area contributed by atoms with Gasteiger partial charge in [-0.3, -0.25) is 9.89 Å². The van der Waals surface area contributed by atoms with Crippen LogP contribution in [0, 0.1) is 6.92 Å². The molecule has 20 heavy (non-hydrogen) atoms. The van der Waals surface area contributed by atoms with Gasteiger partial charge in [0, 0.05) is 15.4 Å². The molecule has 2 N–H and O–H groups in total. The minimum atomic E-state index is -0.169. The maximum absolute atomic E-state index is 12.2. The molecule has 4 nitrogen and oxygen atoms in total. The number of aromatic nitrogens is 2. The predicted octanol–water partition coefficient (Wildman–Crippen LogP) is 3.89. The van der Waals surface area contributed by atoms with E-state index in [4.69, 9.17) is 0 Å². The van der Waals surface area contributed by atoms with E-state index in [1.54, 1.807) is 6.07 Å². The molecule has 100 valence electrons. The number of hydrogen-bond donors (Lipinski definition) is 2. The number of H-pyrrole nitrogens is 1. The molecule has 5 heteroatoms. The molecule has 0 spiro atoms. The highest BCUT2D eigenvalue weighted by molar-refractivity contribution is 9.10. The van der Waals surface area contributed by atoms with Gasteiger partial charge in [-0.25, -0.2) is 0 Å². The number of carbonyl (C=O) groups is 1. The standard InChI is InChI=1S/C15H12BrN3O/c1-9-8-10(6-7-12(9)16)15(20)17-14-11-4-2-3-5-13(11)18-19-14/h2-8H,1H3,(H2,17,18,19,20). The Morgan fingerprint density at radius 2 is 2.05 bits per heavy atom. The highest BCUT2D eigenvalue weighted by atomic mass is 79.9. The number of benzene rings is 2. The van der Waals surface area contributed by atoms with Crippen molar-refractivity contribution in [1.29, 1.82) is 0 Å². The second kappa shape index (κ2) is 5.09. The Hall–Kier alpha value is -2.14. The van der Waals surface area contributed by atoms with Gasteiger partial charge in [-0.1, -0.05) is 28.1 Å². The second-order valence-electron chi connectivity index (χ2n) is 4.54. The quantitative estimate of drug-likeness (QED) is 0.749. The predicted molar refractivity (Wildman–Crippen MR) is 82.9 cm³/mol. The fraction of sp³-hybridized carbons (Fsp3) is 0.0667. The van der Waals surface area contributed by atoms with Gasteiger partial charge in [0.15, 0.2) is 5.82 Å². The van der Waals surface area contributed by atoms with E-state index in [-0.39, 0.29) is 5.91 Å². The third kappa shape index (κ3) is 2.32. The maximum Gasteiger partial charge on any atom is 0.256 e. The van der Waals surface area contributed by atoms with Crippen LogP contribution in [0.2, 0.25) is 0 Å². The zero-order chi connectivity index (χ0) is 14.1. The lowest BCUT2D eigenvalue weighted by Crippen LogP contribution is -2.12. The van der Waals surface area contributed by atoms with Crippen molar-refractivity contribution in [3.63, 3.8) is 0 Å². The van der Waals surface area contributed by atoms with Crippen molar-refractivity contribution in [2.45, 2.75) is 6.92 Å². The van der Waals surface area contributed by atoms with Gasteiger partial charge in [0.2, 0.25) is 0 Å². The zero-order valence-electron chi connectivity index (χ0n) is 10.8. The fourth-order valence-corrected chi connectivity index (χ4v) is 2.27. The lowest BCUT2D eigenvalue weighted by atomic mass is 10.1. The fourth-order valence-electron chi connectivity index (χ4n) is 2.02. The summed E-state index contributed by atoms with van der Waals surface area (Å²) in [4.78, 5) is 12.2. The molecule has 3 aromatic rings. The van der Waals surface area contributed by atoms with Crippen LogP contribution in [-0.4, -0.2) is 16.1 Å². The molecule has 1 heterocycles. The van der Waals surface area contributed by atoms with E-state index in [0.717, 1.165) is 20.9 Å². The van der Waals surface area contributed by atoms with Gasteiger partial charge in [-0.15, -0.1) is 0 Å². The van der Waals surface area contributed by atoms with Gasteiger partial charge in [-0.05, 0) is 42.8 Å². The number of rotatable bonds is 2. The Balaban J connectivity index is 1.90. The Kier molecular flexibility index (Phi) is 3.28. The average molecular weight is 330 g/mol. The number of halogens is 1. The van der Waals surface area contributed by atoms with Crippen LogP contribution in [0.5, 0.6) is 0 Å². The first-order valence-corrected chi connectivity index (χ1v) is 6.95. The summed E-state index contributed by atoms with van der Waals surface area (Å²) >= 11 is 3.42. The largest absolute Gasteiger partial charge is 0.305 e. The molecule has 0 unspecified atom stereocenters. The number of nitrogens with zero attached hydrogens (tertiary/aromatic N) is 1. The molecule has 0 atom stereocenters. The number of carbonyl (C=O) groups excluding carboxylic acids is 1. The van der Waals surface area contributed by atoms with E-state index in [2.05, 4.69) is 31.4 Å². The van der Waals surface area contributed by atoms with Crippen LogP contribution in [-0.2, 0) is 0 Å². The monoisotopic (exact) mass is 329 g/mol.